The van der Waals surface area contributed by atoms with Gasteiger partial charge < -0.3 is 23.7 Å². The summed E-state index contributed by atoms with van der Waals surface area (Å²) in [5.41, 5.74) is 1.01. The van der Waals surface area contributed by atoms with E-state index in [2.05, 4.69) is 4.99 Å². The second kappa shape index (κ2) is 11.4. The van der Waals surface area contributed by atoms with Crippen molar-refractivity contribution in [3.63, 3.8) is 0 Å². The summed E-state index contributed by atoms with van der Waals surface area (Å²) in [5, 5.41) is 1.91. The Morgan fingerprint density at radius 1 is 0.971 bits per heavy atom. The molecule has 2 heterocycles. The number of hydrogen-bond donors (Lipinski definition) is 0. The molecule has 0 saturated carbocycles. The van der Waals surface area contributed by atoms with Gasteiger partial charge in [-0.15, -0.1) is 11.3 Å². The number of thiophene rings is 1. The molecule has 176 valence electrons. The molecule has 1 aliphatic heterocycles. The van der Waals surface area contributed by atoms with Crippen LogP contribution in [0, 0.1) is 0 Å². The molecule has 0 amide bonds. The Labute approximate surface area is 202 Å². The highest BCUT2D eigenvalue weighted by Crippen LogP contribution is 2.30. The van der Waals surface area contributed by atoms with Gasteiger partial charge in [0.05, 0.1) is 31.8 Å². The van der Waals surface area contributed by atoms with Gasteiger partial charge in [-0.1, -0.05) is 12.1 Å². The van der Waals surface area contributed by atoms with Crippen molar-refractivity contribution < 1.29 is 28.5 Å². The SMILES string of the molecule is CCOc1cc(/C=C2/N=C(c3cccs3)OC2=O)ccc1OCCCOc1ccc(OC)cc1. The molecular weight excluding hydrogens is 454 g/mol. The van der Waals surface area contributed by atoms with Crippen molar-refractivity contribution in [1.82, 2.24) is 0 Å². The number of benzene rings is 2. The minimum atomic E-state index is -0.474. The number of hydrogen-bond acceptors (Lipinski definition) is 8. The van der Waals surface area contributed by atoms with E-state index in [1.165, 1.54) is 11.3 Å². The standard InChI is InChI=1S/C26H25NO6S/c1-3-30-23-17-18(16-21-26(28)33-25(27-21)24-6-4-15-34-24)7-12-22(23)32-14-5-13-31-20-10-8-19(29-2)9-11-20/h4,6-12,15-17H,3,5,13-14H2,1-2H3/b21-16+. The Balaban J connectivity index is 1.35. The first-order chi connectivity index (χ1) is 16.7. The Bertz CT molecular complexity index is 1170. The van der Waals surface area contributed by atoms with E-state index in [9.17, 15) is 4.79 Å². The van der Waals surface area contributed by atoms with E-state index >= 15 is 0 Å². The van der Waals surface area contributed by atoms with Crippen molar-refractivity contribution in [2.24, 2.45) is 4.99 Å². The van der Waals surface area contributed by atoms with Crippen LogP contribution in [-0.2, 0) is 9.53 Å². The lowest BCUT2D eigenvalue weighted by Crippen LogP contribution is -2.06. The molecule has 34 heavy (non-hydrogen) atoms. The van der Waals surface area contributed by atoms with Gasteiger partial charge in [0, 0.05) is 6.42 Å². The van der Waals surface area contributed by atoms with Gasteiger partial charge in [0.2, 0.25) is 5.90 Å². The van der Waals surface area contributed by atoms with Crippen LogP contribution in [-0.4, -0.2) is 38.8 Å². The summed E-state index contributed by atoms with van der Waals surface area (Å²) < 4.78 is 27.8. The van der Waals surface area contributed by atoms with Crippen molar-refractivity contribution in [2.45, 2.75) is 13.3 Å². The fourth-order valence-electron chi connectivity index (χ4n) is 3.18. The van der Waals surface area contributed by atoms with Gasteiger partial charge in [0.1, 0.15) is 11.5 Å². The fraction of sp³-hybridized carbons (Fsp3) is 0.231. The van der Waals surface area contributed by atoms with Crippen molar-refractivity contribution in [3.8, 4) is 23.0 Å². The van der Waals surface area contributed by atoms with Crippen LogP contribution in [0.4, 0.5) is 0 Å². The van der Waals surface area contributed by atoms with Crippen molar-refractivity contribution in [1.29, 1.82) is 0 Å². The molecule has 0 radical (unpaired) electrons. The van der Waals surface area contributed by atoms with Crippen LogP contribution < -0.4 is 18.9 Å². The smallest absolute Gasteiger partial charge is 0.363 e. The summed E-state index contributed by atoms with van der Waals surface area (Å²) in [6.07, 6.45) is 2.38. The van der Waals surface area contributed by atoms with E-state index in [4.69, 9.17) is 23.7 Å². The van der Waals surface area contributed by atoms with E-state index in [1.807, 2.05) is 66.9 Å². The average Bonchev–Trinajstić information content (AvgIpc) is 3.51. The third kappa shape index (κ3) is 5.96. The van der Waals surface area contributed by atoms with Crippen LogP contribution in [0.25, 0.3) is 6.08 Å². The maximum absolute atomic E-state index is 12.2. The first-order valence-electron chi connectivity index (χ1n) is 10.9. The molecule has 8 heteroatoms. The quantitative estimate of drug-likeness (QED) is 0.210. The fourth-order valence-corrected chi connectivity index (χ4v) is 3.83. The zero-order valence-corrected chi connectivity index (χ0v) is 19.8. The van der Waals surface area contributed by atoms with Crippen molar-refractivity contribution >= 4 is 29.3 Å². The van der Waals surface area contributed by atoms with Gasteiger partial charge in [-0.25, -0.2) is 9.79 Å². The lowest BCUT2D eigenvalue weighted by atomic mass is 10.1. The summed E-state index contributed by atoms with van der Waals surface area (Å²) in [6.45, 7) is 3.38. The molecule has 0 spiro atoms. The molecule has 0 fully saturated rings. The minimum absolute atomic E-state index is 0.246. The van der Waals surface area contributed by atoms with Gasteiger partial charge in [0.25, 0.3) is 0 Å². The molecule has 1 aliphatic rings. The molecule has 2 aromatic carbocycles. The van der Waals surface area contributed by atoms with Crippen molar-refractivity contribution in [3.05, 3.63) is 76.1 Å². The summed E-state index contributed by atoms with van der Waals surface area (Å²) in [5.74, 6) is 2.65. The van der Waals surface area contributed by atoms with Crippen molar-refractivity contribution in [2.75, 3.05) is 26.9 Å². The molecular formula is C26H25NO6S. The molecule has 0 unspecified atom stereocenters. The molecule has 1 aromatic heterocycles. The first-order valence-corrected chi connectivity index (χ1v) is 11.8. The van der Waals surface area contributed by atoms with E-state index in [-0.39, 0.29) is 5.70 Å². The number of ether oxygens (including phenoxy) is 5. The predicted octanol–water partition coefficient (Wildman–Crippen LogP) is 5.35. The number of nitrogens with zero attached hydrogens (tertiary/aromatic N) is 1. The molecule has 0 bridgehead atoms. The molecule has 0 saturated heterocycles. The monoisotopic (exact) mass is 479 g/mol. The van der Waals surface area contributed by atoms with Crippen LogP contribution >= 0.6 is 11.3 Å². The highest BCUT2D eigenvalue weighted by Gasteiger charge is 2.24. The largest absolute Gasteiger partial charge is 0.497 e. The molecule has 3 aromatic rings. The molecule has 0 N–H and O–H groups in total. The predicted molar refractivity (Wildman–Crippen MR) is 131 cm³/mol. The van der Waals surface area contributed by atoms with Crippen LogP contribution in [0.15, 0.2) is 70.7 Å². The van der Waals surface area contributed by atoms with E-state index < -0.39 is 5.97 Å². The number of esters is 1. The maximum atomic E-state index is 12.2. The number of cyclic esters (lactones) is 1. The Morgan fingerprint density at radius 2 is 1.76 bits per heavy atom. The highest BCUT2D eigenvalue weighted by molar-refractivity contribution is 7.12. The third-order valence-electron chi connectivity index (χ3n) is 4.80. The van der Waals surface area contributed by atoms with Crippen LogP contribution in [0.5, 0.6) is 23.0 Å². The lowest BCUT2D eigenvalue weighted by molar-refractivity contribution is -0.129. The van der Waals surface area contributed by atoms with Crippen LogP contribution in [0.2, 0.25) is 0 Å². The molecule has 0 aliphatic carbocycles. The number of methoxy groups -OCH3 is 1. The maximum Gasteiger partial charge on any atom is 0.363 e. The van der Waals surface area contributed by atoms with E-state index in [0.717, 1.165) is 21.9 Å². The zero-order chi connectivity index (χ0) is 23.8. The zero-order valence-electron chi connectivity index (χ0n) is 19.0. The Morgan fingerprint density at radius 3 is 2.50 bits per heavy atom. The summed E-state index contributed by atoms with van der Waals surface area (Å²) in [4.78, 5) is 17.4. The van der Waals surface area contributed by atoms with E-state index in [1.54, 1.807) is 13.2 Å². The molecule has 0 atom stereocenters. The minimum Gasteiger partial charge on any atom is -0.497 e. The Kier molecular flexibility index (Phi) is 7.83. The summed E-state index contributed by atoms with van der Waals surface area (Å²) in [7, 11) is 1.63. The molecule has 4 rings (SSSR count). The summed E-state index contributed by atoms with van der Waals surface area (Å²) in [6, 6.07) is 16.7. The number of carbonyl (C=O) groups is 1. The van der Waals surface area contributed by atoms with Gasteiger partial charge >= 0.3 is 5.97 Å². The number of carbonyl (C=O) groups excluding carboxylic acids is 1. The van der Waals surface area contributed by atoms with Gasteiger partial charge in [-0.05, 0) is 66.4 Å². The number of aliphatic imine (C=N–C) groups is 1. The highest BCUT2D eigenvalue weighted by atomic mass is 32.1. The third-order valence-corrected chi connectivity index (χ3v) is 5.66. The lowest BCUT2D eigenvalue weighted by Gasteiger charge is -2.13. The second-order valence-electron chi connectivity index (χ2n) is 7.18. The normalized spacial score (nSPS) is 14.0. The first kappa shape index (κ1) is 23.4. The van der Waals surface area contributed by atoms with Gasteiger partial charge in [0.15, 0.2) is 17.2 Å². The average molecular weight is 480 g/mol. The van der Waals surface area contributed by atoms with Crippen LogP contribution in [0.3, 0.4) is 0 Å². The topological polar surface area (TPSA) is 75.6 Å². The second-order valence-corrected chi connectivity index (χ2v) is 8.13. The van der Waals surface area contributed by atoms with Gasteiger partial charge in [-0.2, -0.15) is 0 Å². The van der Waals surface area contributed by atoms with E-state index in [0.29, 0.717) is 43.6 Å². The van der Waals surface area contributed by atoms with Crippen LogP contribution in [0.1, 0.15) is 23.8 Å². The number of rotatable bonds is 11. The molecule has 7 nitrogen and oxygen atoms in total. The Hall–Kier alpha value is -3.78. The summed E-state index contributed by atoms with van der Waals surface area (Å²) >= 11 is 1.47. The van der Waals surface area contributed by atoms with Gasteiger partial charge in [-0.3, -0.25) is 0 Å².